The zero-order chi connectivity index (χ0) is 12.4. The minimum Gasteiger partial charge on any atom is -0.294 e. The van der Waals surface area contributed by atoms with Crippen molar-refractivity contribution in [3.8, 4) is 0 Å². The molecule has 0 aliphatic heterocycles. The van der Waals surface area contributed by atoms with E-state index in [1.54, 1.807) is 16.8 Å². The molecule has 0 spiro atoms. The first-order valence-electron chi connectivity index (χ1n) is 5.20. The highest BCUT2D eigenvalue weighted by atomic mass is 35.5. The summed E-state index contributed by atoms with van der Waals surface area (Å²) in [5, 5.41) is 4.59. The SMILES string of the molecule is Cc1cc(CC(=O)c2ccc(Cl)nc2)n(C)n1. The highest BCUT2D eigenvalue weighted by molar-refractivity contribution is 6.29. The van der Waals surface area contributed by atoms with E-state index in [1.807, 2.05) is 20.0 Å². The second kappa shape index (κ2) is 4.67. The quantitative estimate of drug-likeness (QED) is 0.619. The molecule has 0 saturated carbocycles. The molecule has 4 nitrogen and oxygen atoms in total. The van der Waals surface area contributed by atoms with Crippen LogP contribution in [0.4, 0.5) is 0 Å². The van der Waals surface area contributed by atoms with Gasteiger partial charge in [0.15, 0.2) is 5.78 Å². The fraction of sp³-hybridized carbons (Fsp3) is 0.250. The lowest BCUT2D eigenvalue weighted by Gasteiger charge is -2.01. The Labute approximate surface area is 104 Å². The minimum absolute atomic E-state index is 0.0113. The van der Waals surface area contributed by atoms with Crippen molar-refractivity contribution in [3.63, 3.8) is 0 Å². The molecule has 2 heterocycles. The van der Waals surface area contributed by atoms with Crippen LogP contribution in [0.15, 0.2) is 24.4 Å². The second-order valence-electron chi connectivity index (χ2n) is 3.87. The van der Waals surface area contributed by atoms with Gasteiger partial charge in [-0.2, -0.15) is 5.10 Å². The van der Waals surface area contributed by atoms with E-state index in [4.69, 9.17) is 11.6 Å². The van der Waals surface area contributed by atoms with Crippen molar-refractivity contribution in [1.29, 1.82) is 0 Å². The molecule has 0 aliphatic rings. The van der Waals surface area contributed by atoms with Gasteiger partial charge in [-0.1, -0.05) is 11.6 Å². The van der Waals surface area contributed by atoms with Crippen molar-refractivity contribution in [1.82, 2.24) is 14.8 Å². The first-order chi connectivity index (χ1) is 8.06. The topological polar surface area (TPSA) is 47.8 Å². The van der Waals surface area contributed by atoms with Crippen LogP contribution >= 0.6 is 11.6 Å². The lowest BCUT2D eigenvalue weighted by atomic mass is 10.1. The molecule has 0 atom stereocenters. The summed E-state index contributed by atoms with van der Waals surface area (Å²) in [5.41, 5.74) is 2.36. The smallest absolute Gasteiger partial charge is 0.170 e. The average molecular weight is 250 g/mol. The molecule has 88 valence electrons. The number of pyridine rings is 1. The van der Waals surface area contributed by atoms with E-state index in [1.165, 1.54) is 6.20 Å². The van der Waals surface area contributed by atoms with Crippen molar-refractivity contribution in [3.05, 3.63) is 46.5 Å². The van der Waals surface area contributed by atoms with Gasteiger partial charge in [-0.3, -0.25) is 9.48 Å². The molecule has 5 heteroatoms. The van der Waals surface area contributed by atoms with E-state index in [0.29, 0.717) is 17.1 Å². The Balaban J connectivity index is 2.17. The molecular weight excluding hydrogens is 238 g/mol. The number of carbonyl (C=O) groups is 1. The van der Waals surface area contributed by atoms with Gasteiger partial charge in [-0.15, -0.1) is 0 Å². The first-order valence-corrected chi connectivity index (χ1v) is 5.58. The van der Waals surface area contributed by atoms with E-state index in [2.05, 4.69) is 10.1 Å². The van der Waals surface area contributed by atoms with Gasteiger partial charge in [0.05, 0.1) is 12.1 Å². The second-order valence-corrected chi connectivity index (χ2v) is 4.26. The molecule has 0 bridgehead atoms. The fourth-order valence-corrected chi connectivity index (χ4v) is 1.75. The number of Topliss-reactive ketones (excluding diaryl/α,β-unsaturated/α-hetero) is 1. The van der Waals surface area contributed by atoms with Gasteiger partial charge < -0.3 is 0 Å². The predicted octanol–water partition coefficient (Wildman–Crippen LogP) is 2.20. The third-order valence-electron chi connectivity index (χ3n) is 2.49. The lowest BCUT2D eigenvalue weighted by molar-refractivity contribution is 0.0990. The highest BCUT2D eigenvalue weighted by Crippen LogP contribution is 2.10. The fourth-order valence-electron chi connectivity index (χ4n) is 1.64. The molecule has 2 aromatic heterocycles. The number of halogens is 1. The van der Waals surface area contributed by atoms with Gasteiger partial charge in [0.1, 0.15) is 5.15 Å². The maximum atomic E-state index is 12.0. The monoisotopic (exact) mass is 249 g/mol. The van der Waals surface area contributed by atoms with Crippen LogP contribution in [0.5, 0.6) is 0 Å². The number of hydrogen-bond acceptors (Lipinski definition) is 3. The molecule has 0 unspecified atom stereocenters. The number of ketones is 1. The van der Waals surface area contributed by atoms with Gasteiger partial charge in [0.25, 0.3) is 0 Å². The van der Waals surface area contributed by atoms with Gasteiger partial charge >= 0.3 is 0 Å². The third-order valence-corrected chi connectivity index (χ3v) is 2.71. The summed E-state index contributed by atoms with van der Waals surface area (Å²) in [6.07, 6.45) is 1.81. The summed E-state index contributed by atoms with van der Waals surface area (Å²) >= 11 is 5.67. The Bertz CT molecular complexity index is 545. The summed E-state index contributed by atoms with van der Waals surface area (Å²) in [5.74, 6) is 0.0113. The Kier molecular flexibility index (Phi) is 3.24. The molecule has 0 fully saturated rings. The largest absolute Gasteiger partial charge is 0.294 e. The van der Waals surface area contributed by atoms with Crippen molar-refractivity contribution in [2.45, 2.75) is 13.3 Å². The maximum absolute atomic E-state index is 12.0. The van der Waals surface area contributed by atoms with E-state index in [9.17, 15) is 4.79 Å². The van der Waals surface area contributed by atoms with E-state index >= 15 is 0 Å². The minimum atomic E-state index is 0.0113. The van der Waals surface area contributed by atoms with Crippen LogP contribution < -0.4 is 0 Å². The van der Waals surface area contributed by atoms with E-state index < -0.39 is 0 Å². The van der Waals surface area contributed by atoms with Crippen LogP contribution in [0, 0.1) is 6.92 Å². The summed E-state index contributed by atoms with van der Waals surface area (Å²) in [6, 6.07) is 5.20. The zero-order valence-electron chi connectivity index (χ0n) is 9.64. The normalized spacial score (nSPS) is 10.5. The average Bonchev–Trinajstić information content (AvgIpc) is 2.58. The van der Waals surface area contributed by atoms with Gasteiger partial charge in [-0.05, 0) is 25.1 Å². The van der Waals surface area contributed by atoms with Crippen LogP contribution in [-0.4, -0.2) is 20.5 Å². The zero-order valence-corrected chi connectivity index (χ0v) is 10.4. The maximum Gasteiger partial charge on any atom is 0.170 e. The Hall–Kier alpha value is -1.68. The molecular formula is C12H12ClN3O. The Morgan fingerprint density at radius 1 is 1.47 bits per heavy atom. The van der Waals surface area contributed by atoms with Crippen LogP contribution in [0.1, 0.15) is 21.7 Å². The molecule has 0 aromatic carbocycles. The van der Waals surface area contributed by atoms with Crippen molar-refractivity contribution < 1.29 is 4.79 Å². The van der Waals surface area contributed by atoms with E-state index in [0.717, 1.165) is 11.4 Å². The van der Waals surface area contributed by atoms with Gasteiger partial charge in [0, 0.05) is 24.5 Å². The Morgan fingerprint density at radius 3 is 2.76 bits per heavy atom. The molecule has 2 aromatic rings. The third kappa shape index (κ3) is 2.71. The van der Waals surface area contributed by atoms with Crippen molar-refractivity contribution >= 4 is 17.4 Å². The lowest BCUT2D eigenvalue weighted by Crippen LogP contribution is -2.08. The molecule has 0 saturated heterocycles. The standard InChI is InChI=1S/C12H12ClN3O/c1-8-5-10(16(2)15-8)6-11(17)9-3-4-12(13)14-7-9/h3-5,7H,6H2,1-2H3. The number of aryl methyl sites for hydroxylation is 2. The summed E-state index contributed by atoms with van der Waals surface area (Å²) < 4.78 is 1.72. The number of hydrogen-bond donors (Lipinski definition) is 0. The van der Waals surface area contributed by atoms with Crippen molar-refractivity contribution in [2.75, 3.05) is 0 Å². The highest BCUT2D eigenvalue weighted by Gasteiger charge is 2.11. The van der Waals surface area contributed by atoms with Crippen molar-refractivity contribution in [2.24, 2.45) is 7.05 Å². The number of rotatable bonds is 3. The van der Waals surface area contributed by atoms with Crippen LogP contribution in [0.2, 0.25) is 5.15 Å². The summed E-state index contributed by atoms with van der Waals surface area (Å²) in [4.78, 5) is 15.9. The van der Waals surface area contributed by atoms with Crippen LogP contribution in [-0.2, 0) is 13.5 Å². The Morgan fingerprint density at radius 2 is 2.24 bits per heavy atom. The van der Waals surface area contributed by atoms with E-state index in [-0.39, 0.29) is 5.78 Å². The summed E-state index contributed by atoms with van der Waals surface area (Å²) in [6.45, 7) is 1.90. The molecule has 0 amide bonds. The number of aromatic nitrogens is 3. The van der Waals surface area contributed by atoms with Crippen LogP contribution in [0.3, 0.4) is 0 Å². The molecule has 17 heavy (non-hydrogen) atoms. The number of carbonyl (C=O) groups excluding carboxylic acids is 1. The van der Waals surface area contributed by atoms with Crippen LogP contribution in [0.25, 0.3) is 0 Å². The first kappa shape index (κ1) is 11.8. The molecule has 2 rings (SSSR count). The van der Waals surface area contributed by atoms with Gasteiger partial charge in [0.2, 0.25) is 0 Å². The molecule has 0 radical (unpaired) electrons. The van der Waals surface area contributed by atoms with Gasteiger partial charge in [-0.25, -0.2) is 4.98 Å². The molecule has 0 aliphatic carbocycles. The summed E-state index contributed by atoms with van der Waals surface area (Å²) in [7, 11) is 1.83. The number of nitrogens with zero attached hydrogens (tertiary/aromatic N) is 3. The predicted molar refractivity (Wildman–Crippen MR) is 65.2 cm³/mol. The molecule has 0 N–H and O–H groups in total.